The van der Waals surface area contributed by atoms with Crippen molar-refractivity contribution < 1.29 is 26.8 Å². The molecular formula is C33H34O6S. The Morgan fingerprint density at radius 3 is 2.67 bits per heavy atom. The number of rotatable bonds is 7. The zero-order valence-corrected chi connectivity index (χ0v) is 24.4. The third-order valence-corrected chi connectivity index (χ3v) is 8.53. The van der Waals surface area contributed by atoms with Gasteiger partial charge >= 0.3 is 10.1 Å². The van der Waals surface area contributed by atoms with Crippen LogP contribution in [0.25, 0.3) is 17.7 Å². The van der Waals surface area contributed by atoms with E-state index in [1.54, 1.807) is 31.2 Å². The lowest BCUT2D eigenvalue weighted by atomic mass is 9.95. The van der Waals surface area contributed by atoms with E-state index in [0.717, 1.165) is 44.9 Å². The van der Waals surface area contributed by atoms with Crippen molar-refractivity contribution in [2.75, 3.05) is 13.2 Å². The molecule has 0 N–H and O–H groups in total. The van der Waals surface area contributed by atoms with Crippen LogP contribution in [0, 0.1) is 0 Å². The maximum atomic E-state index is 13.4. The highest BCUT2D eigenvalue weighted by Gasteiger charge is 2.28. The van der Waals surface area contributed by atoms with E-state index in [-0.39, 0.29) is 22.9 Å². The topological polar surface area (TPSA) is 71.1 Å². The van der Waals surface area contributed by atoms with Crippen molar-refractivity contribution in [3.8, 4) is 23.0 Å². The van der Waals surface area contributed by atoms with E-state index in [0.29, 0.717) is 24.4 Å². The fourth-order valence-corrected chi connectivity index (χ4v) is 6.54. The summed E-state index contributed by atoms with van der Waals surface area (Å²) in [5.41, 5.74) is 5.55. The quantitative estimate of drug-likeness (QED) is 0.257. The van der Waals surface area contributed by atoms with E-state index in [1.165, 1.54) is 0 Å². The van der Waals surface area contributed by atoms with Gasteiger partial charge in [-0.2, -0.15) is 8.42 Å². The minimum atomic E-state index is -4.07. The molecule has 40 heavy (non-hydrogen) atoms. The van der Waals surface area contributed by atoms with Crippen LogP contribution in [-0.2, 0) is 10.1 Å². The zero-order chi connectivity index (χ0) is 28.7. The normalized spacial score (nSPS) is 17.7. The average Bonchev–Trinajstić information content (AvgIpc) is 3.02. The summed E-state index contributed by atoms with van der Waals surface area (Å²) in [5.74, 6) is 2.20. The van der Waals surface area contributed by atoms with Crippen LogP contribution in [0.3, 0.4) is 0 Å². The molecule has 0 spiro atoms. The van der Waals surface area contributed by atoms with Crippen molar-refractivity contribution in [2.45, 2.75) is 46.6 Å². The first-order valence-corrected chi connectivity index (χ1v) is 14.6. The van der Waals surface area contributed by atoms with Gasteiger partial charge in [0.15, 0.2) is 0 Å². The first-order chi connectivity index (χ1) is 19.0. The molecule has 6 nitrogen and oxygen atoms in total. The monoisotopic (exact) mass is 558 g/mol. The van der Waals surface area contributed by atoms with Gasteiger partial charge in [0, 0.05) is 22.8 Å². The molecule has 0 fully saturated rings. The Kier molecular flexibility index (Phi) is 7.27. The Balaban J connectivity index is 1.48. The number of ether oxygens (including phenoxy) is 3. The summed E-state index contributed by atoms with van der Waals surface area (Å²) < 4.78 is 50.7. The second-order valence-electron chi connectivity index (χ2n) is 10.8. The molecule has 0 aromatic heterocycles. The third-order valence-electron chi connectivity index (χ3n) is 6.94. The summed E-state index contributed by atoms with van der Waals surface area (Å²) in [7, 11) is -4.07. The highest BCUT2D eigenvalue weighted by molar-refractivity contribution is 7.91. The molecule has 5 rings (SSSR count). The molecule has 0 saturated heterocycles. The second kappa shape index (κ2) is 10.5. The fraction of sp³-hybridized carbons (Fsp3) is 0.273. The molecule has 0 bridgehead atoms. The SMILES string of the molecule is C=CCOc1cc(OS(=O)(=O)C2=C(C)CC=C(C)C=C2C)ccc1C1=Cc2ccc3c(c2OC1)C=CC(C)(C)O3. The summed E-state index contributed by atoms with van der Waals surface area (Å²) in [5, 5.41) is 0. The summed E-state index contributed by atoms with van der Waals surface area (Å²) in [6.45, 7) is 13.9. The van der Waals surface area contributed by atoms with Gasteiger partial charge in [-0.1, -0.05) is 30.4 Å². The summed E-state index contributed by atoms with van der Waals surface area (Å²) in [4.78, 5) is 0.211. The van der Waals surface area contributed by atoms with E-state index in [1.807, 2.05) is 64.1 Å². The molecule has 2 aliphatic heterocycles. The van der Waals surface area contributed by atoms with Crippen LogP contribution in [0.4, 0.5) is 0 Å². The molecule has 3 aliphatic rings. The summed E-state index contributed by atoms with van der Waals surface area (Å²) >= 11 is 0. The minimum Gasteiger partial charge on any atom is -0.489 e. The number of benzene rings is 2. The lowest BCUT2D eigenvalue weighted by Crippen LogP contribution is -2.27. The lowest BCUT2D eigenvalue weighted by molar-refractivity contribution is 0.158. The number of fused-ring (bicyclic) bond motifs is 3. The molecule has 2 aromatic carbocycles. The van der Waals surface area contributed by atoms with E-state index in [4.69, 9.17) is 18.4 Å². The van der Waals surface area contributed by atoms with Crippen molar-refractivity contribution in [1.29, 1.82) is 0 Å². The molecule has 2 aromatic rings. The van der Waals surface area contributed by atoms with E-state index >= 15 is 0 Å². The first-order valence-electron chi connectivity index (χ1n) is 13.2. The predicted octanol–water partition coefficient (Wildman–Crippen LogP) is 7.65. The Bertz CT molecular complexity index is 1650. The molecule has 208 valence electrons. The molecule has 0 saturated carbocycles. The van der Waals surface area contributed by atoms with E-state index in [9.17, 15) is 8.42 Å². The van der Waals surface area contributed by atoms with Gasteiger partial charge in [-0.15, -0.1) is 0 Å². The van der Waals surface area contributed by atoms with E-state index < -0.39 is 10.1 Å². The van der Waals surface area contributed by atoms with Gasteiger partial charge in [0.1, 0.15) is 46.7 Å². The Hall–Kier alpha value is -3.97. The predicted molar refractivity (Wildman–Crippen MR) is 160 cm³/mol. The van der Waals surface area contributed by atoms with Gasteiger partial charge in [-0.25, -0.2) is 0 Å². The van der Waals surface area contributed by atoms with Crippen molar-refractivity contribution in [1.82, 2.24) is 0 Å². The highest BCUT2D eigenvalue weighted by Crippen LogP contribution is 2.44. The Morgan fingerprint density at radius 1 is 1.10 bits per heavy atom. The fourth-order valence-electron chi connectivity index (χ4n) is 5.13. The van der Waals surface area contributed by atoms with Crippen molar-refractivity contribution in [3.63, 3.8) is 0 Å². The smallest absolute Gasteiger partial charge is 0.339 e. The summed E-state index contributed by atoms with van der Waals surface area (Å²) in [6.07, 6.45) is 12.2. The van der Waals surface area contributed by atoms with Gasteiger partial charge < -0.3 is 18.4 Å². The first kappa shape index (κ1) is 27.6. The molecular weight excluding hydrogens is 524 g/mol. The molecule has 1 aliphatic carbocycles. The number of allylic oxidation sites excluding steroid dienone is 5. The van der Waals surface area contributed by atoms with Gasteiger partial charge in [-0.05, 0) is 94.7 Å². The molecule has 2 heterocycles. The average molecular weight is 559 g/mol. The molecule has 0 atom stereocenters. The van der Waals surface area contributed by atoms with Crippen molar-refractivity contribution >= 4 is 27.8 Å². The van der Waals surface area contributed by atoms with Crippen molar-refractivity contribution in [3.05, 3.63) is 99.5 Å². The van der Waals surface area contributed by atoms with Crippen molar-refractivity contribution in [2.24, 2.45) is 0 Å². The third kappa shape index (κ3) is 5.52. The number of hydrogen-bond acceptors (Lipinski definition) is 6. The largest absolute Gasteiger partial charge is 0.489 e. The highest BCUT2D eigenvalue weighted by atomic mass is 32.2. The zero-order valence-electron chi connectivity index (χ0n) is 23.5. The van der Waals surface area contributed by atoms with Gasteiger partial charge in [-0.3, -0.25) is 0 Å². The number of hydrogen-bond donors (Lipinski definition) is 0. The second-order valence-corrected chi connectivity index (χ2v) is 12.3. The van der Waals surface area contributed by atoms with Crippen LogP contribution < -0.4 is 18.4 Å². The van der Waals surface area contributed by atoms with E-state index in [2.05, 4.69) is 12.7 Å². The maximum absolute atomic E-state index is 13.4. The van der Waals surface area contributed by atoms with Gasteiger partial charge in [0.2, 0.25) is 0 Å². The van der Waals surface area contributed by atoms with Crippen LogP contribution in [0.1, 0.15) is 57.7 Å². The molecule has 7 heteroatoms. The van der Waals surface area contributed by atoms with Crippen LogP contribution in [-0.4, -0.2) is 27.2 Å². The van der Waals surface area contributed by atoms with Gasteiger partial charge in [0.25, 0.3) is 0 Å². The lowest BCUT2D eigenvalue weighted by Gasteiger charge is -2.30. The summed E-state index contributed by atoms with van der Waals surface area (Å²) in [6, 6.07) is 8.98. The Morgan fingerprint density at radius 2 is 1.90 bits per heavy atom. The van der Waals surface area contributed by atoms with Crippen LogP contribution >= 0.6 is 0 Å². The Labute approximate surface area is 236 Å². The maximum Gasteiger partial charge on any atom is 0.339 e. The standard InChI is InChI=1S/C33H34O6S/c1-7-16-36-30-19-26(39-40(34,35)32-22(3)9-8-21(2)17-23(32)4)11-12-27(30)25-18-24-10-13-29-28(31(24)37-20-25)14-15-33(5,6)38-29/h7-8,10-15,17-19H,1,9,16,20H2,2-6H3. The molecule has 0 radical (unpaired) electrons. The van der Waals surface area contributed by atoms with Gasteiger partial charge in [0.05, 0.1) is 5.56 Å². The van der Waals surface area contributed by atoms with Crippen LogP contribution in [0.15, 0.2) is 82.8 Å². The minimum absolute atomic E-state index is 0.168. The van der Waals surface area contributed by atoms with Crippen LogP contribution in [0.2, 0.25) is 0 Å². The molecule has 0 amide bonds. The molecule has 0 unspecified atom stereocenters. The van der Waals surface area contributed by atoms with Crippen LogP contribution in [0.5, 0.6) is 23.0 Å².